The lowest BCUT2D eigenvalue weighted by Gasteiger charge is -2.22. The van der Waals surface area contributed by atoms with Crippen LogP contribution in [0.5, 0.6) is 11.6 Å². The molecular formula is C30H23FN8O6. The molecule has 0 atom stereocenters. The first-order chi connectivity index (χ1) is 21.7. The van der Waals surface area contributed by atoms with Crippen LogP contribution in [0.25, 0.3) is 27.8 Å². The third-order valence-corrected chi connectivity index (χ3v) is 7.38. The van der Waals surface area contributed by atoms with E-state index >= 15 is 4.39 Å². The van der Waals surface area contributed by atoms with Gasteiger partial charge in [0.05, 0.1) is 29.6 Å². The number of nitrogens with two attached hydrogens (primary N) is 1. The van der Waals surface area contributed by atoms with Crippen LogP contribution < -0.4 is 26.1 Å². The number of nitrogens with one attached hydrogen (secondary N) is 1. The standard InChI is InChI=1S/C30H23FN8O6/c1-38-12-16(11-33-38)34-30-36-26(35-29(32)37-30)17-3-2-4-21(19(17)13-40)39-27(43)24-18(9-15(10-20(24)31)14-5-6-14)25-28(39)45-23(42)8-7-22(41)44-25/h2-4,7-12,14,40H,5-6,13H2,1H3,(H3,32,34,35,36,37)/b8-7-. The molecule has 5 aromatic rings. The number of esters is 2. The van der Waals surface area contributed by atoms with Crippen LogP contribution in [0, 0.1) is 5.82 Å². The van der Waals surface area contributed by atoms with Gasteiger partial charge in [-0.1, -0.05) is 12.1 Å². The van der Waals surface area contributed by atoms with Crippen molar-refractivity contribution in [1.29, 1.82) is 0 Å². The fourth-order valence-electron chi connectivity index (χ4n) is 5.25. The molecule has 45 heavy (non-hydrogen) atoms. The van der Waals surface area contributed by atoms with Gasteiger partial charge in [-0.3, -0.25) is 9.48 Å². The number of aromatic nitrogens is 6. The van der Waals surface area contributed by atoms with Crippen molar-refractivity contribution in [2.75, 3.05) is 11.1 Å². The van der Waals surface area contributed by atoms with Gasteiger partial charge in [0.15, 0.2) is 11.6 Å². The van der Waals surface area contributed by atoms with E-state index in [1.54, 1.807) is 36.3 Å². The Labute approximate surface area is 252 Å². The number of hydrogen-bond acceptors (Lipinski definition) is 12. The number of benzene rings is 2. The molecule has 4 heterocycles. The first kappa shape index (κ1) is 27.8. The van der Waals surface area contributed by atoms with Crippen molar-refractivity contribution < 1.29 is 28.6 Å². The number of aliphatic hydroxyl groups excluding tert-OH is 1. The molecule has 0 saturated heterocycles. The first-order valence-corrected chi connectivity index (χ1v) is 13.7. The van der Waals surface area contributed by atoms with Crippen LogP contribution in [0.2, 0.25) is 0 Å². The maximum Gasteiger partial charge on any atom is 0.337 e. The second kappa shape index (κ2) is 10.6. The molecular weight excluding hydrogens is 587 g/mol. The number of carbonyl (C=O) groups excluding carboxylic acids is 2. The lowest BCUT2D eigenvalue weighted by Crippen LogP contribution is -2.27. The predicted molar refractivity (Wildman–Crippen MR) is 158 cm³/mol. The highest BCUT2D eigenvalue weighted by Gasteiger charge is 2.31. The Balaban J connectivity index is 1.47. The molecule has 0 radical (unpaired) electrons. The lowest BCUT2D eigenvalue weighted by atomic mass is 10.0. The predicted octanol–water partition coefficient (Wildman–Crippen LogP) is 2.79. The zero-order valence-corrected chi connectivity index (χ0v) is 23.5. The molecule has 0 amide bonds. The van der Waals surface area contributed by atoms with Gasteiger partial charge >= 0.3 is 11.9 Å². The fraction of sp³-hybridized carbons (Fsp3) is 0.167. The van der Waals surface area contributed by atoms with Crippen molar-refractivity contribution in [3.05, 3.63) is 82.2 Å². The lowest BCUT2D eigenvalue weighted by molar-refractivity contribution is -0.133. The summed E-state index contributed by atoms with van der Waals surface area (Å²) in [5, 5.41) is 17.3. The smallest absolute Gasteiger partial charge is 0.337 e. The summed E-state index contributed by atoms with van der Waals surface area (Å²) in [6.07, 6.45) is 6.64. The number of anilines is 3. The minimum absolute atomic E-state index is 0.0158. The van der Waals surface area contributed by atoms with Crippen molar-refractivity contribution in [3.63, 3.8) is 0 Å². The van der Waals surface area contributed by atoms with Crippen LogP contribution in [-0.4, -0.2) is 46.3 Å². The van der Waals surface area contributed by atoms with E-state index in [4.69, 9.17) is 15.2 Å². The second-order valence-corrected chi connectivity index (χ2v) is 10.5. The van der Waals surface area contributed by atoms with Crippen molar-refractivity contribution in [3.8, 4) is 28.7 Å². The second-order valence-electron chi connectivity index (χ2n) is 10.5. The van der Waals surface area contributed by atoms with Crippen LogP contribution in [0.3, 0.4) is 0 Å². The number of halogens is 1. The molecule has 226 valence electrons. The highest BCUT2D eigenvalue weighted by atomic mass is 19.1. The number of aryl methyl sites for hydroxylation is 1. The molecule has 2 aliphatic rings. The SMILES string of the molecule is Cn1cc(Nc2nc(N)nc(-c3cccc(-n4c5c(c6cc(C7CC7)cc(F)c6c4=O)OC(=O)/C=C\C(=O)O5)c3CO)n2)cn1. The number of fused-ring (bicyclic) bond motifs is 3. The third kappa shape index (κ3) is 5.04. The normalized spacial score (nSPS) is 15.2. The third-order valence-electron chi connectivity index (χ3n) is 7.38. The molecule has 1 saturated carbocycles. The molecule has 2 aromatic carbocycles. The maximum atomic E-state index is 15.7. The van der Waals surface area contributed by atoms with Crippen molar-refractivity contribution in [1.82, 2.24) is 29.3 Å². The number of hydrogen-bond donors (Lipinski definition) is 3. The molecule has 15 heteroatoms. The zero-order chi connectivity index (χ0) is 31.4. The fourth-order valence-corrected chi connectivity index (χ4v) is 5.25. The number of rotatable bonds is 6. The van der Waals surface area contributed by atoms with Gasteiger partial charge in [-0.15, -0.1) is 0 Å². The van der Waals surface area contributed by atoms with Crippen LogP contribution in [0.15, 0.2) is 59.7 Å². The maximum absolute atomic E-state index is 15.7. The summed E-state index contributed by atoms with van der Waals surface area (Å²) in [7, 11) is 1.74. The van der Waals surface area contributed by atoms with E-state index in [0.29, 0.717) is 11.3 Å². The molecule has 1 aliphatic carbocycles. The minimum Gasteiger partial charge on any atom is -0.417 e. The summed E-state index contributed by atoms with van der Waals surface area (Å²) < 4.78 is 29.3. The molecule has 0 spiro atoms. The Hall–Kier alpha value is -5.96. The van der Waals surface area contributed by atoms with Gasteiger partial charge in [0.1, 0.15) is 5.82 Å². The van der Waals surface area contributed by atoms with E-state index in [0.717, 1.165) is 29.6 Å². The molecule has 1 fully saturated rings. The van der Waals surface area contributed by atoms with Crippen LogP contribution >= 0.6 is 0 Å². The van der Waals surface area contributed by atoms with Crippen molar-refractivity contribution >= 4 is 40.3 Å². The van der Waals surface area contributed by atoms with Gasteiger partial charge in [0.2, 0.25) is 11.9 Å². The number of nitrogen functional groups attached to an aromatic ring is 1. The zero-order valence-electron chi connectivity index (χ0n) is 23.5. The van der Waals surface area contributed by atoms with Crippen LogP contribution in [0.1, 0.15) is 29.9 Å². The van der Waals surface area contributed by atoms with Crippen molar-refractivity contribution in [2.45, 2.75) is 25.4 Å². The summed E-state index contributed by atoms with van der Waals surface area (Å²) in [5.41, 5.74) is 6.58. The molecule has 14 nitrogen and oxygen atoms in total. The van der Waals surface area contributed by atoms with Gasteiger partial charge in [-0.2, -0.15) is 20.1 Å². The highest BCUT2D eigenvalue weighted by Crippen LogP contribution is 2.45. The largest absolute Gasteiger partial charge is 0.417 e. The summed E-state index contributed by atoms with van der Waals surface area (Å²) in [5.74, 6) is -3.48. The first-order valence-electron chi connectivity index (χ1n) is 13.7. The van der Waals surface area contributed by atoms with E-state index in [9.17, 15) is 19.5 Å². The molecule has 0 bridgehead atoms. The average molecular weight is 611 g/mol. The summed E-state index contributed by atoms with van der Waals surface area (Å²) >= 11 is 0. The monoisotopic (exact) mass is 610 g/mol. The van der Waals surface area contributed by atoms with Gasteiger partial charge in [0, 0.05) is 41.9 Å². The summed E-state index contributed by atoms with van der Waals surface area (Å²) in [6.45, 7) is -0.668. The minimum atomic E-state index is -0.975. The number of ether oxygens (including phenoxy) is 2. The molecule has 0 unspecified atom stereocenters. The number of carbonyl (C=O) groups is 2. The van der Waals surface area contributed by atoms with E-state index in [1.807, 2.05) is 0 Å². The van der Waals surface area contributed by atoms with Gasteiger partial charge in [0.25, 0.3) is 11.4 Å². The van der Waals surface area contributed by atoms with Gasteiger partial charge in [-0.25, -0.2) is 18.5 Å². The molecule has 7 rings (SSSR count). The molecule has 1 aliphatic heterocycles. The van der Waals surface area contributed by atoms with Crippen LogP contribution in [0.4, 0.5) is 22.0 Å². The average Bonchev–Trinajstić information content (AvgIpc) is 3.78. The van der Waals surface area contributed by atoms with E-state index in [-0.39, 0.29) is 51.6 Å². The van der Waals surface area contributed by atoms with Gasteiger partial charge in [-0.05, 0) is 42.5 Å². The Morgan fingerprint density at radius 1 is 1.09 bits per heavy atom. The van der Waals surface area contributed by atoms with Crippen LogP contribution in [-0.2, 0) is 23.2 Å². The quantitative estimate of drug-likeness (QED) is 0.239. The number of nitrogens with zero attached hydrogens (tertiary/aromatic N) is 6. The Bertz CT molecular complexity index is 2150. The topological polar surface area (TPSA) is 189 Å². The molecule has 4 N–H and O–H groups in total. The highest BCUT2D eigenvalue weighted by molar-refractivity contribution is 6.00. The van der Waals surface area contributed by atoms with Gasteiger partial charge < -0.3 is 25.6 Å². The summed E-state index contributed by atoms with van der Waals surface area (Å²) in [4.78, 5) is 52.2. The van der Waals surface area contributed by atoms with E-state index in [1.165, 1.54) is 18.2 Å². The number of pyridine rings is 1. The Morgan fingerprint density at radius 2 is 1.87 bits per heavy atom. The van der Waals surface area contributed by atoms with Crippen molar-refractivity contribution in [2.24, 2.45) is 7.05 Å². The Morgan fingerprint density at radius 3 is 2.58 bits per heavy atom. The Kier molecular flexibility index (Phi) is 6.58. The van der Waals surface area contributed by atoms with E-state index < -0.39 is 41.2 Å². The van der Waals surface area contributed by atoms with E-state index in [2.05, 4.69) is 25.4 Å². The number of aliphatic hydroxyl groups is 1. The molecule has 3 aromatic heterocycles. The summed E-state index contributed by atoms with van der Waals surface area (Å²) in [6, 6.07) is 7.40.